The molecule has 0 saturated carbocycles. The first kappa shape index (κ1) is 10.1. The summed E-state index contributed by atoms with van der Waals surface area (Å²) in [6.07, 6.45) is 0.991. The third kappa shape index (κ3) is 3.98. The van der Waals surface area contributed by atoms with E-state index in [4.69, 9.17) is 0 Å². The van der Waals surface area contributed by atoms with Crippen molar-refractivity contribution in [3.63, 3.8) is 0 Å². The zero-order chi connectivity index (χ0) is 8.15. The van der Waals surface area contributed by atoms with Crippen molar-refractivity contribution in [2.45, 2.75) is 33.2 Å². The molecule has 1 N–H and O–H groups in total. The third-order valence-electron chi connectivity index (χ3n) is 1.78. The van der Waals surface area contributed by atoms with Gasteiger partial charge in [0.2, 0.25) is 0 Å². The van der Waals surface area contributed by atoms with Crippen LogP contribution in [-0.2, 0) is 11.3 Å². The SMILES string of the molecule is CCC(C)C(C)NS(=O)[O-]. The topological polar surface area (TPSA) is 52.2 Å². The van der Waals surface area contributed by atoms with Crippen LogP contribution >= 0.6 is 0 Å². The van der Waals surface area contributed by atoms with E-state index in [1.807, 2.05) is 20.8 Å². The van der Waals surface area contributed by atoms with E-state index in [-0.39, 0.29) is 6.04 Å². The van der Waals surface area contributed by atoms with Gasteiger partial charge in [-0.25, -0.2) is 4.72 Å². The maximum absolute atomic E-state index is 10.1. The van der Waals surface area contributed by atoms with Crippen molar-refractivity contribution in [2.24, 2.45) is 5.92 Å². The van der Waals surface area contributed by atoms with E-state index in [1.54, 1.807) is 0 Å². The Morgan fingerprint density at radius 3 is 2.40 bits per heavy atom. The quantitative estimate of drug-likeness (QED) is 0.625. The molecule has 0 saturated heterocycles. The highest BCUT2D eigenvalue weighted by Gasteiger charge is 2.08. The molecule has 10 heavy (non-hydrogen) atoms. The standard InChI is InChI=1S/C6H15NO2S/c1-4-5(2)6(3)7-10(8)9/h5-7H,4H2,1-3H3,(H,8,9)/p-1. The molecule has 0 aromatic rings. The fourth-order valence-corrected chi connectivity index (χ4v) is 1.16. The Labute approximate surface area is 64.6 Å². The molecule has 3 unspecified atom stereocenters. The van der Waals surface area contributed by atoms with Gasteiger partial charge in [-0.2, -0.15) is 0 Å². The lowest BCUT2D eigenvalue weighted by molar-refractivity contribution is 0.424. The molecular weight excluding hydrogens is 150 g/mol. The summed E-state index contributed by atoms with van der Waals surface area (Å²) in [5, 5.41) is 0. The van der Waals surface area contributed by atoms with Gasteiger partial charge < -0.3 is 4.55 Å². The Morgan fingerprint density at radius 1 is 1.60 bits per heavy atom. The summed E-state index contributed by atoms with van der Waals surface area (Å²) in [5.74, 6) is 0.401. The first-order chi connectivity index (χ1) is 4.57. The molecule has 0 aliphatic carbocycles. The van der Waals surface area contributed by atoms with Crippen LogP contribution in [0.4, 0.5) is 0 Å². The molecule has 0 amide bonds. The molecule has 0 aliphatic rings. The Balaban J connectivity index is 3.61. The Bertz CT molecular complexity index is 118. The maximum atomic E-state index is 10.1. The molecule has 3 nitrogen and oxygen atoms in total. The summed E-state index contributed by atoms with van der Waals surface area (Å²) in [6, 6.07) is 0.0448. The Kier molecular flexibility index (Phi) is 4.85. The van der Waals surface area contributed by atoms with E-state index >= 15 is 0 Å². The first-order valence-electron chi connectivity index (χ1n) is 3.43. The number of nitrogens with one attached hydrogen (secondary N) is 1. The highest BCUT2D eigenvalue weighted by atomic mass is 32.2. The van der Waals surface area contributed by atoms with E-state index < -0.39 is 11.3 Å². The largest absolute Gasteiger partial charge is 0.760 e. The summed E-state index contributed by atoms with van der Waals surface area (Å²) >= 11 is -2.12. The van der Waals surface area contributed by atoms with Crippen LogP contribution < -0.4 is 4.72 Å². The van der Waals surface area contributed by atoms with Crippen molar-refractivity contribution in [1.29, 1.82) is 0 Å². The molecule has 0 aliphatic heterocycles. The van der Waals surface area contributed by atoms with Crippen molar-refractivity contribution < 1.29 is 8.76 Å². The van der Waals surface area contributed by atoms with Crippen molar-refractivity contribution in [3.8, 4) is 0 Å². The molecule has 0 aromatic heterocycles. The minimum atomic E-state index is -2.12. The minimum absolute atomic E-state index is 0.0448. The van der Waals surface area contributed by atoms with E-state index in [2.05, 4.69) is 4.72 Å². The van der Waals surface area contributed by atoms with Crippen LogP contribution in [0.2, 0.25) is 0 Å². The smallest absolute Gasteiger partial charge is 0.0183 e. The maximum Gasteiger partial charge on any atom is 0.0183 e. The lowest BCUT2D eigenvalue weighted by atomic mass is 10.0. The molecule has 0 heterocycles. The monoisotopic (exact) mass is 164 g/mol. The minimum Gasteiger partial charge on any atom is -0.760 e. The van der Waals surface area contributed by atoms with Gasteiger partial charge in [0.05, 0.1) is 0 Å². The Hall–Kier alpha value is 0.0700. The van der Waals surface area contributed by atoms with Gasteiger partial charge in [0.15, 0.2) is 0 Å². The molecular formula is C6H14NO2S-. The van der Waals surface area contributed by atoms with Crippen LogP contribution in [0.5, 0.6) is 0 Å². The van der Waals surface area contributed by atoms with Crippen molar-refractivity contribution in [1.82, 2.24) is 4.72 Å². The van der Waals surface area contributed by atoms with Crippen molar-refractivity contribution >= 4 is 11.3 Å². The molecule has 0 fully saturated rings. The second kappa shape index (κ2) is 4.82. The predicted molar refractivity (Wildman–Crippen MR) is 41.0 cm³/mol. The van der Waals surface area contributed by atoms with Crippen LogP contribution in [0.3, 0.4) is 0 Å². The van der Waals surface area contributed by atoms with Crippen LogP contribution in [0, 0.1) is 5.92 Å². The van der Waals surface area contributed by atoms with Gasteiger partial charge in [-0.15, -0.1) is 0 Å². The van der Waals surface area contributed by atoms with Crippen molar-refractivity contribution in [2.75, 3.05) is 0 Å². The fourth-order valence-electron chi connectivity index (χ4n) is 0.621. The molecule has 0 radical (unpaired) electrons. The van der Waals surface area contributed by atoms with Gasteiger partial charge in [0, 0.05) is 17.3 Å². The average molecular weight is 164 g/mol. The van der Waals surface area contributed by atoms with E-state index in [0.717, 1.165) is 6.42 Å². The van der Waals surface area contributed by atoms with E-state index in [0.29, 0.717) is 5.92 Å². The Morgan fingerprint density at radius 2 is 2.10 bits per heavy atom. The summed E-state index contributed by atoms with van der Waals surface area (Å²) < 4.78 is 22.6. The van der Waals surface area contributed by atoms with E-state index in [9.17, 15) is 8.76 Å². The molecule has 0 bridgehead atoms. The van der Waals surface area contributed by atoms with Gasteiger partial charge in [-0.1, -0.05) is 20.3 Å². The second-order valence-electron chi connectivity index (χ2n) is 2.53. The van der Waals surface area contributed by atoms with Crippen molar-refractivity contribution in [3.05, 3.63) is 0 Å². The highest BCUT2D eigenvalue weighted by molar-refractivity contribution is 7.77. The molecule has 4 heteroatoms. The van der Waals surface area contributed by atoms with Gasteiger partial charge >= 0.3 is 0 Å². The van der Waals surface area contributed by atoms with Gasteiger partial charge in [-0.05, 0) is 12.8 Å². The van der Waals surface area contributed by atoms with Crippen LogP contribution in [0.25, 0.3) is 0 Å². The normalized spacial score (nSPS) is 20.0. The summed E-state index contributed by atoms with van der Waals surface area (Å²) in [4.78, 5) is 0. The molecule has 0 aromatic carbocycles. The molecule has 0 rings (SSSR count). The highest BCUT2D eigenvalue weighted by Crippen LogP contribution is 2.06. The summed E-state index contributed by atoms with van der Waals surface area (Å²) in [6.45, 7) is 5.92. The molecule has 3 atom stereocenters. The first-order valence-corrected chi connectivity index (χ1v) is 4.50. The zero-order valence-corrected chi connectivity index (χ0v) is 7.40. The zero-order valence-electron chi connectivity index (χ0n) is 6.59. The van der Waals surface area contributed by atoms with Gasteiger partial charge in [0.25, 0.3) is 0 Å². The summed E-state index contributed by atoms with van der Waals surface area (Å²) in [7, 11) is 0. The second-order valence-corrected chi connectivity index (χ2v) is 3.23. The average Bonchev–Trinajstić information content (AvgIpc) is 1.85. The van der Waals surface area contributed by atoms with Crippen LogP contribution in [-0.4, -0.2) is 14.8 Å². The number of rotatable bonds is 4. The van der Waals surface area contributed by atoms with Gasteiger partial charge in [0.1, 0.15) is 0 Å². The van der Waals surface area contributed by atoms with E-state index in [1.165, 1.54) is 0 Å². The summed E-state index contributed by atoms with van der Waals surface area (Å²) in [5.41, 5.74) is 0. The van der Waals surface area contributed by atoms with Crippen LogP contribution in [0.15, 0.2) is 0 Å². The number of hydrogen-bond donors (Lipinski definition) is 1. The fraction of sp³-hybridized carbons (Fsp3) is 1.00. The molecule has 0 spiro atoms. The number of hydrogen-bond acceptors (Lipinski definition) is 2. The lowest BCUT2D eigenvalue weighted by Gasteiger charge is -2.20. The van der Waals surface area contributed by atoms with Crippen LogP contribution in [0.1, 0.15) is 27.2 Å². The predicted octanol–water partition coefficient (Wildman–Crippen LogP) is 0.805. The third-order valence-corrected chi connectivity index (χ3v) is 2.34. The van der Waals surface area contributed by atoms with Gasteiger partial charge in [-0.3, -0.25) is 4.21 Å². The molecule has 62 valence electrons. The lowest BCUT2D eigenvalue weighted by Crippen LogP contribution is -2.32.